The van der Waals surface area contributed by atoms with Gasteiger partial charge >= 0.3 is 0 Å². The summed E-state index contributed by atoms with van der Waals surface area (Å²) in [6.45, 7) is 6.00. The molecule has 0 atom stereocenters. The molecule has 1 heterocycles. The molecule has 0 radical (unpaired) electrons. The first kappa shape index (κ1) is 14.6. The SMILES string of the molecule is Cc1nn(C)c(Cl)c1C(=O)Nc1cccc(C(C)C)c1. The van der Waals surface area contributed by atoms with Crippen molar-refractivity contribution in [3.8, 4) is 0 Å². The van der Waals surface area contributed by atoms with Crippen molar-refractivity contribution in [3.05, 3.63) is 46.2 Å². The lowest BCUT2D eigenvalue weighted by Crippen LogP contribution is -2.13. The lowest BCUT2D eigenvalue weighted by molar-refractivity contribution is 0.102. The Morgan fingerprint density at radius 1 is 1.40 bits per heavy atom. The largest absolute Gasteiger partial charge is 0.322 e. The van der Waals surface area contributed by atoms with Gasteiger partial charge in [-0.3, -0.25) is 9.48 Å². The highest BCUT2D eigenvalue weighted by Crippen LogP contribution is 2.22. The molecule has 0 spiro atoms. The van der Waals surface area contributed by atoms with E-state index in [1.54, 1.807) is 14.0 Å². The maximum absolute atomic E-state index is 12.3. The van der Waals surface area contributed by atoms with Crippen LogP contribution in [0.15, 0.2) is 24.3 Å². The number of nitrogens with one attached hydrogen (secondary N) is 1. The second-order valence-corrected chi connectivity index (χ2v) is 5.47. The molecule has 5 heteroatoms. The average molecular weight is 292 g/mol. The Labute approximate surface area is 123 Å². The van der Waals surface area contributed by atoms with Crippen LogP contribution in [0.1, 0.15) is 41.4 Å². The van der Waals surface area contributed by atoms with Gasteiger partial charge in [0.1, 0.15) is 5.15 Å². The normalized spacial score (nSPS) is 10.9. The molecule has 0 aliphatic rings. The molecule has 0 unspecified atom stereocenters. The van der Waals surface area contributed by atoms with E-state index in [0.717, 1.165) is 5.69 Å². The number of aryl methyl sites for hydroxylation is 2. The van der Waals surface area contributed by atoms with Crippen molar-refractivity contribution in [1.82, 2.24) is 9.78 Å². The van der Waals surface area contributed by atoms with Crippen LogP contribution < -0.4 is 5.32 Å². The summed E-state index contributed by atoms with van der Waals surface area (Å²) in [7, 11) is 1.71. The first-order valence-corrected chi connectivity index (χ1v) is 6.88. The minimum Gasteiger partial charge on any atom is -0.322 e. The summed E-state index contributed by atoms with van der Waals surface area (Å²) in [6, 6.07) is 7.82. The Balaban J connectivity index is 2.26. The molecule has 106 valence electrons. The molecule has 1 aromatic carbocycles. The van der Waals surface area contributed by atoms with Crippen LogP contribution in [0, 0.1) is 6.92 Å². The zero-order valence-corrected chi connectivity index (χ0v) is 12.8. The monoisotopic (exact) mass is 291 g/mol. The van der Waals surface area contributed by atoms with Crippen LogP contribution in [0.4, 0.5) is 5.69 Å². The molecule has 2 rings (SSSR count). The topological polar surface area (TPSA) is 46.9 Å². The Hall–Kier alpha value is -1.81. The van der Waals surface area contributed by atoms with Crippen LogP contribution in [0.25, 0.3) is 0 Å². The first-order chi connectivity index (χ1) is 9.40. The molecule has 2 aromatic rings. The molecular formula is C15H18ClN3O. The summed E-state index contributed by atoms with van der Waals surface area (Å²) in [5.41, 5.74) is 2.98. The van der Waals surface area contributed by atoms with Gasteiger partial charge in [0.2, 0.25) is 0 Å². The second-order valence-electron chi connectivity index (χ2n) is 5.11. The minimum atomic E-state index is -0.235. The van der Waals surface area contributed by atoms with E-state index < -0.39 is 0 Å². The van der Waals surface area contributed by atoms with Gasteiger partial charge in [0.05, 0.1) is 11.3 Å². The maximum atomic E-state index is 12.3. The Morgan fingerprint density at radius 2 is 2.10 bits per heavy atom. The number of hydrogen-bond acceptors (Lipinski definition) is 2. The summed E-state index contributed by atoms with van der Waals surface area (Å²) in [6.07, 6.45) is 0. The molecule has 1 N–H and O–H groups in total. The molecule has 0 saturated heterocycles. The molecule has 0 fully saturated rings. The van der Waals surface area contributed by atoms with Crippen LogP contribution in [0.2, 0.25) is 5.15 Å². The zero-order chi connectivity index (χ0) is 14.9. The lowest BCUT2D eigenvalue weighted by atomic mass is 10.0. The van der Waals surface area contributed by atoms with Gasteiger partial charge in [0.25, 0.3) is 5.91 Å². The summed E-state index contributed by atoms with van der Waals surface area (Å²) in [5.74, 6) is 0.178. The third-order valence-electron chi connectivity index (χ3n) is 3.19. The van der Waals surface area contributed by atoms with Gasteiger partial charge in [-0.25, -0.2) is 0 Å². The molecular weight excluding hydrogens is 274 g/mol. The quantitative estimate of drug-likeness (QED) is 0.936. The zero-order valence-electron chi connectivity index (χ0n) is 12.1. The Morgan fingerprint density at radius 3 is 2.65 bits per heavy atom. The minimum absolute atomic E-state index is 0.235. The fourth-order valence-corrected chi connectivity index (χ4v) is 2.32. The van der Waals surface area contributed by atoms with Crippen LogP contribution >= 0.6 is 11.6 Å². The van der Waals surface area contributed by atoms with Crippen LogP contribution in [-0.2, 0) is 7.05 Å². The fraction of sp³-hybridized carbons (Fsp3) is 0.333. The maximum Gasteiger partial charge on any atom is 0.260 e. The molecule has 0 bridgehead atoms. The number of carbonyl (C=O) groups excluding carboxylic acids is 1. The van der Waals surface area contributed by atoms with Crippen molar-refractivity contribution < 1.29 is 4.79 Å². The summed E-state index contributed by atoms with van der Waals surface area (Å²) in [5, 5.41) is 7.36. The second kappa shape index (κ2) is 5.67. The highest BCUT2D eigenvalue weighted by atomic mass is 35.5. The van der Waals surface area contributed by atoms with Gasteiger partial charge in [-0.05, 0) is 30.5 Å². The standard InChI is InChI=1S/C15H18ClN3O/c1-9(2)11-6-5-7-12(8-11)17-15(20)13-10(3)18-19(4)14(13)16/h5-9H,1-4H3,(H,17,20). The fourth-order valence-electron chi connectivity index (χ4n) is 2.06. The van der Waals surface area contributed by atoms with Crippen molar-refractivity contribution in [2.45, 2.75) is 26.7 Å². The number of hydrogen-bond donors (Lipinski definition) is 1. The van der Waals surface area contributed by atoms with Crippen LogP contribution in [0.3, 0.4) is 0 Å². The Kier molecular flexibility index (Phi) is 4.14. The molecule has 0 aliphatic heterocycles. The van der Waals surface area contributed by atoms with Crippen molar-refractivity contribution in [3.63, 3.8) is 0 Å². The third kappa shape index (κ3) is 2.85. The van der Waals surface area contributed by atoms with Crippen LogP contribution in [-0.4, -0.2) is 15.7 Å². The number of carbonyl (C=O) groups is 1. The highest BCUT2D eigenvalue weighted by Gasteiger charge is 2.19. The van der Waals surface area contributed by atoms with Gasteiger partial charge in [0.15, 0.2) is 0 Å². The van der Waals surface area contributed by atoms with E-state index in [-0.39, 0.29) is 5.91 Å². The lowest BCUT2D eigenvalue weighted by Gasteiger charge is -2.09. The summed E-state index contributed by atoms with van der Waals surface area (Å²) < 4.78 is 1.50. The smallest absolute Gasteiger partial charge is 0.260 e. The van der Waals surface area contributed by atoms with E-state index in [1.807, 2.05) is 24.3 Å². The number of anilines is 1. The summed E-state index contributed by atoms with van der Waals surface area (Å²) >= 11 is 6.10. The van der Waals surface area contributed by atoms with Gasteiger partial charge in [-0.15, -0.1) is 0 Å². The van der Waals surface area contributed by atoms with E-state index in [1.165, 1.54) is 10.2 Å². The molecule has 1 aromatic heterocycles. The number of halogens is 1. The van der Waals surface area contributed by atoms with Crippen molar-refractivity contribution in [2.75, 3.05) is 5.32 Å². The molecule has 4 nitrogen and oxygen atoms in total. The van der Waals surface area contributed by atoms with E-state index >= 15 is 0 Å². The van der Waals surface area contributed by atoms with E-state index in [9.17, 15) is 4.79 Å². The number of nitrogens with zero attached hydrogens (tertiary/aromatic N) is 2. The average Bonchev–Trinajstić information content (AvgIpc) is 2.63. The molecule has 0 saturated carbocycles. The number of benzene rings is 1. The van der Waals surface area contributed by atoms with Crippen molar-refractivity contribution in [1.29, 1.82) is 0 Å². The van der Waals surface area contributed by atoms with E-state index in [4.69, 9.17) is 11.6 Å². The van der Waals surface area contributed by atoms with Gasteiger partial charge < -0.3 is 5.32 Å². The van der Waals surface area contributed by atoms with Crippen molar-refractivity contribution >= 4 is 23.2 Å². The van der Waals surface area contributed by atoms with Gasteiger partial charge in [0, 0.05) is 12.7 Å². The number of aromatic nitrogens is 2. The van der Waals surface area contributed by atoms with Crippen molar-refractivity contribution in [2.24, 2.45) is 7.05 Å². The van der Waals surface area contributed by atoms with Gasteiger partial charge in [-0.1, -0.05) is 37.6 Å². The first-order valence-electron chi connectivity index (χ1n) is 6.50. The highest BCUT2D eigenvalue weighted by molar-refractivity contribution is 6.33. The number of amides is 1. The Bertz CT molecular complexity index is 647. The van der Waals surface area contributed by atoms with E-state index in [2.05, 4.69) is 24.3 Å². The van der Waals surface area contributed by atoms with Crippen LogP contribution in [0.5, 0.6) is 0 Å². The predicted octanol–water partition coefficient (Wildman–Crippen LogP) is 3.76. The third-order valence-corrected chi connectivity index (χ3v) is 3.62. The van der Waals surface area contributed by atoms with E-state index in [0.29, 0.717) is 22.3 Å². The summed E-state index contributed by atoms with van der Waals surface area (Å²) in [4.78, 5) is 12.3. The molecule has 0 aliphatic carbocycles. The predicted molar refractivity (Wildman–Crippen MR) is 81.4 cm³/mol. The number of rotatable bonds is 3. The molecule has 1 amide bonds. The van der Waals surface area contributed by atoms with Gasteiger partial charge in [-0.2, -0.15) is 5.10 Å². The molecule has 20 heavy (non-hydrogen) atoms.